The van der Waals surface area contributed by atoms with Gasteiger partial charge in [-0.25, -0.2) is 0 Å². The minimum absolute atomic E-state index is 0.00926. The van der Waals surface area contributed by atoms with E-state index < -0.39 is 11.0 Å². The van der Waals surface area contributed by atoms with E-state index in [0.29, 0.717) is 5.75 Å². The van der Waals surface area contributed by atoms with Gasteiger partial charge in [0, 0.05) is 6.07 Å². The van der Waals surface area contributed by atoms with Gasteiger partial charge in [-0.3, -0.25) is 10.1 Å². The summed E-state index contributed by atoms with van der Waals surface area (Å²) < 4.78 is 10.2. The van der Waals surface area contributed by atoms with Gasteiger partial charge in [-0.05, 0) is 6.07 Å². The van der Waals surface area contributed by atoms with Crippen molar-refractivity contribution in [1.29, 1.82) is 5.26 Å². The molecule has 0 aromatic heterocycles. The maximum absolute atomic E-state index is 10.5. The first-order chi connectivity index (χ1) is 8.08. The smallest absolute Gasteiger partial charge is 0.273 e. The normalized spacial score (nSPS) is 11.4. The number of nitriles is 1. The summed E-state index contributed by atoms with van der Waals surface area (Å²) in [4.78, 5) is 10.0. The number of methoxy groups -OCH3 is 1. The van der Waals surface area contributed by atoms with Crippen molar-refractivity contribution >= 4 is 5.69 Å². The van der Waals surface area contributed by atoms with Crippen molar-refractivity contribution in [2.75, 3.05) is 13.7 Å². The molecule has 90 valence electrons. The molecule has 7 nitrogen and oxygen atoms in total. The van der Waals surface area contributed by atoms with Crippen molar-refractivity contribution in [1.82, 2.24) is 0 Å². The van der Waals surface area contributed by atoms with Crippen LogP contribution in [0.4, 0.5) is 5.69 Å². The van der Waals surface area contributed by atoms with E-state index in [4.69, 9.17) is 20.5 Å². The van der Waals surface area contributed by atoms with Gasteiger partial charge in [0.2, 0.25) is 0 Å². The predicted molar refractivity (Wildman–Crippen MR) is 58.7 cm³/mol. The molecule has 0 aliphatic heterocycles. The van der Waals surface area contributed by atoms with Crippen molar-refractivity contribution in [3.8, 4) is 17.6 Å². The number of ether oxygens (including phenoxy) is 2. The van der Waals surface area contributed by atoms with Crippen LogP contribution in [0.3, 0.4) is 0 Å². The first-order valence-corrected chi connectivity index (χ1v) is 4.69. The molecule has 1 unspecified atom stereocenters. The molecule has 0 aliphatic carbocycles. The molecule has 0 saturated heterocycles. The van der Waals surface area contributed by atoms with Crippen LogP contribution < -0.4 is 15.2 Å². The molecule has 0 bridgehead atoms. The highest BCUT2D eigenvalue weighted by molar-refractivity contribution is 5.48. The van der Waals surface area contributed by atoms with E-state index in [0.717, 1.165) is 0 Å². The quantitative estimate of drug-likeness (QED) is 0.599. The lowest BCUT2D eigenvalue weighted by atomic mass is 10.3. The lowest BCUT2D eigenvalue weighted by Crippen LogP contribution is -2.25. The number of rotatable bonds is 5. The number of nitrogens with two attached hydrogens (primary N) is 1. The van der Waals surface area contributed by atoms with Gasteiger partial charge in [-0.15, -0.1) is 0 Å². The van der Waals surface area contributed by atoms with Crippen molar-refractivity contribution in [3.05, 3.63) is 28.3 Å². The van der Waals surface area contributed by atoms with Crippen molar-refractivity contribution in [3.63, 3.8) is 0 Å². The van der Waals surface area contributed by atoms with Crippen LogP contribution >= 0.6 is 0 Å². The van der Waals surface area contributed by atoms with Crippen LogP contribution in [0, 0.1) is 21.4 Å². The van der Waals surface area contributed by atoms with E-state index in [9.17, 15) is 10.1 Å². The van der Waals surface area contributed by atoms with E-state index in [1.54, 1.807) is 6.07 Å². The molecule has 0 amide bonds. The van der Waals surface area contributed by atoms with Crippen LogP contribution in [0.25, 0.3) is 0 Å². The highest BCUT2D eigenvalue weighted by Gasteiger charge is 2.13. The molecule has 2 N–H and O–H groups in total. The minimum atomic E-state index is -0.755. The van der Waals surface area contributed by atoms with E-state index in [1.807, 2.05) is 0 Å². The zero-order valence-corrected chi connectivity index (χ0v) is 9.12. The highest BCUT2D eigenvalue weighted by atomic mass is 16.6. The average molecular weight is 237 g/mol. The number of nitrogens with zero attached hydrogens (tertiary/aromatic N) is 2. The Balaban J connectivity index is 2.86. The first-order valence-electron chi connectivity index (χ1n) is 4.69. The number of hydrogen-bond acceptors (Lipinski definition) is 6. The Bertz CT molecular complexity index is 455. The summed E-state index contributed by atoms with van der Waals surface area (Å²) in [7, 11) is 1.37. The van der Waals surface area contributed by atoms with Crippen LogP contribution in [0.15, 0.2) is 18.2 Å². The van der Waals surface area contributed by atoms with Crippen LogP contribution in [0.1, 0.15) is 0 Å². The van der Waals surface area contributed by atoms with Gasteiger partial charge in [0.1, 0.15) is 12.6 Å². The maximum Gasteiger partial charge on any atom is 0.273 e. The number of nitro groups is 1. The van der Waals surface area contributed by atoms with Crippen LogP contribution in [-0.2, 0) is 0 Å². The predicted octanol–water partition coefficient (Wildman–Crippen LogP) is 0.833. The molecule has 0 fully saturated rings. The molecular formula is C10H11N3O4. The molecule has 1 atom stereocenters. The van der Waals surface area contributed by atoms with Crippen molar-refractivity contribution in [2.24, 2.45) is 5.73 Å². The van der Waals surface area contributed by atoms with Crippen LogP contribution in [-0.4, -0.2) is 24.7 Å². The standard InChI is InChI=1S/C10H11N3O4/c1-16-10-4-8(13(14)15)2-3-9(10)17-6-7(12)5-11/h2-4,7H,6,12H2,1H3. The SMILES string of the molecule is COc1cc([N+](=O)[O-])ccc1OCC(N)C#N. The second-order valence-electron chi connectivity index (χ2n) is 3.14. The molecule has 0 saturated carbocycles. The lowest BCUT2D eigenvalue weighted by molar-refractivity contribution is -0.384. The Morgan fingerprint density at radius 1 is 1.59 bits per heavy atom. The summed E-state index contributed by atoms with van der Waals surface area (Å²) in [5, 5.41) is 19.0. The molecule has 17 heavy (non-hydrogen) atoms. The molecular weight excluding hydrogens is 226 g/mol. The third kappa shape index (κ3) is 3.32. The Morgan fingerprint density at radius 2 is 2.29 bits per heavy atom. The largest absolute Gasteiger partial charge is 0.493 e. The fourth-order valence-corrected chi connectivity index (χ4v) is 1.11. The summed E-state index contributed by atoms with van der Waals surface area (Å²) in [6.07, 6.45) is 0. The topological polar surface area (TPSA) is 111 Å². The van der Waals surface area contributed by atoms with Crippen LogP contribution in [0.5, 0.6) is 11.5 Å². The summed E-state index contributed by atoms with van der Waals surface area (Å²) in [6, 6.07) is 4.99. The summed E-state index contributed by atoms with van der Waals surface area (Å²) >= 11 is 0. The number of benzene rings is 1. The monoisotopic (exact) mass is 237 g/mol. The summed E-state index contributed by atoms with van der Waals surface area (Å²) in [6.45, 7) is -0.00926. The summed E-state index contributed by atoms with van der Waals surface area (Å²) in [5.74, 6) is 0.535. The minimum Gasteiger partial charge on any atom is -0.493 e. The Labute approximate surface area is 97.5 Å². The van der Waals surface area contributed by atoms with Crippen LogP contribution in [0.2, 0.25) is 0 Å². The fourth-order valence-electron chi connectivity index (χ4n) is 1.11. The van der Waals surface area contributed by atoms with Gasteiger partial charge in [0.15, 0.2) is 11.5 Å². The third-order valence-electron chi connectivity index (χ3n) is 1.94. The summed E-state index contributed by atoms with van der Waals surface area (Å²) in [5.41, 5.74) is 5.26. The number of hydrogen-bond donors (Lipinski definition) is 1. The molecule has 0 radical (unpaired) electrons. The van der Waals surface area contributed by atoms with Gasteiger partial charge in [0.05, 0.1) is 24.2 Å². The van der Waals surface area contributed by atoms with Gasteiger partial charge in [-0.2, -0.15) is 5.26 Å². The van der Waals surface area contributed by atoms with Gasteiger partial charge < -0.3 is 15.2 Å². The second-order valence-corrected chi connectivity index (χ2v) is 3.14. The first kappa shape index (κ1) is 12.7. The van der Waals surface area contributed by atoms with E-state index >= 15 is 0 Å². The van der Waals surface area contributed by atoms with Gasteiger partial charge in [-0.1, -0.05) is 0 Å². The molecule has 0 aliphatic rings. The van der Waals surface area contributed by atoms with Gasteiger partial charge in [0.25, 0.3) is 5.69 Å². The Kier molecular flexibility index (Phi) is 4.25. The fraction of sp³-hybridized carbons (Fsp3) is 0.300. The molecule has 7 heteroatoms. The zero-order chi connectivity index (χ0) is 12.8. The zero-order valence-electron chi connectivity index (χ0n) is 9.12. The number of non-ortho nitro benzene ring substituents is 1. The van der Waals surface area contributed by atoms with Crippen molar-refractivity contribution in [2.45, 2.75) is 6.04 Å². The molecule has 1 aromatic carbocycles. The lowest BCUT2D eigenvalue weighted by Gasteiger charge is -2.10. The average Bonchev–Trinajstić information content (AvgIpc) is 2.35. The van der Waals surface area contributed by atoms with Crippen molar-refractivity contribution < 1.29 is 14.4 Å². The molecule has 0 heterocycles. The van der Waals surface area contributed by atoms with E-state index in [2.05, 4.69) is 0 Å². The van der Waals surface area contributed by atoms with Gasteiger partial charge >= 0.3 is 0 Å². The molecule has 0 spiro atoms. The van der Waals surface area contributed by atoms with E-state index in [-0.39, 0.29) is 18.0 Å². The molecule has 1 rings (SSSR count). The highest BCUT2D eigenvalue weighted by Crippen LogP contribution is 2.30. The maximum atomic E-state index is 10.5. The Hall–Kier alpha value is -2.33. The molecule has 1 aromatic rings. The second kappa shape index (κ2) is 5.67. The Morgan fingerprint density at radius 3 is 2.82 bits per heavy atom. The third-order valence-corrected chi connectivity index (χ3v) is 1.94. The number of nitro benzene ring substituents is 1. The van der Waals surface area contributed by atoms with E-state index in [1.165, 1.54) is 25.3 Å².